The second kappa shape index (κ2) is 8.26. The summed E-state index contributed by atoms with van der Waals surface area (Å²) in [4.78, 5) is 51.1. The highest BCUT2D eigenvalue weighted by Crippen LogP contribution is 2.28. The molecule has 2 N–H and O–H groups in total. The number of aromatic amines is 1. The van der Waals surface area contributed by atoms with Crippen LogP contribution in [0.5, 0.6) is 0 Å². The minimum atomic E-state index is -1.37. The minimum Gasteiger partial charge on any atom is -0.465 e. The van der Waals surface area contributed by atoms with Crippen LogP contribution >= 0.6 is 0 Å². The van der Waals surface area contributed by atoms with Crippen LogP contribution in [0.2, 0.25) is 0 Å². The lowest BCUT2D eigenvalue weighted by atomic mass is 10.0. The largest absolute Gasteiger partial charge is 0.465 e. The van der Waals surface area contributed by atoms with Crippen molar-refractivity contribution in [3.63, 3.8) is 0 Å². The molecule has 1 aromatic carbocycles. The van der Waals surface area contributed by atoms with Crippen LogP contribution in [-0.4, -0.2) is 38.4 Å². The molecule has 2 aromatic heterocycles. The first-order valence-electron chi connectivity index (χ1n) is 8.65. The molecular weight excluding hydrogens is 376 g/mol. The molecule has 0 aliphatic heterocycles. The Kier molecular flexibility index (Phi) is 5.59. The van der Waals surface area contributed by atoms with E-state index in [1.165, 1.54) is 6.92 Å². The molecule has 0 spiro atoms. The van der Waals surface area contributed by atoms with Gasteiger partial charge in [-0.25, -0.2) is 9.97 Å². The molecule has 0 saturated carbocycles. The van der Waals surface area contributed by atoms with Crippen LogP contribution in [0, 0.1) is 11.3 Å². The highest BCUT2D eigenvalue weighted by molar-refractivity contribution is 5.88. The zero-order chi connectivity index (χ0) is 21.0. The number of H-pyrrole nitrogens is 1. The van der Waals surface area contributed by atoms with E-state index in [0.717, 1.165) is 0 Å². The topological polar surface area (TPSA) is 151 Å². The summed E-state index contributed by atoms with van der Waals surface area (Å²) in [5, 5.41) is 11.9. The van der Waals surface area contributed by atoms with Crippen molar-refractivity contribution in [1.29, 1.82) is 5.26 Å². The van der Waals surface area contributed by atoms with Gasteiger partial charge in [0.25, 0.3) is 5.56 Å². The minimum absolute atomic E-state index is 0.0107. The number of amides is 1. The highest BCUT2D eigenvalue weighted by atomic mass is 16.5. The van der Waals surface area contributed by atoms with Gasteiger partial charge in [0.15, 0.2) is 17.1 Å². The molecule has 1 atom stereocenters. The summed E-state index contributed by atoms with van der Waals surface area (Å²) in [5.41, 5.74) is -0.0702. The molecule has 0 bridgehead atoms. The van der Waals surface area contributed by atoms with E-state index in [2.05, 4.69) is 25.3 Å². The van der Waals surface area contributed by atoms with E-state index in [-0.39, 0.29) is 35.1 Å². The van der Waals surface area contributed by atoms with Gasteiger partial charge in [-0.1, -0.05) is 30.3 Å². The van der Waals surface area contributed by atoms with Gasteiger partial charge in [0.1, 0.15) is 0 Å². The fourth-order valence-corrected chi connectivity index (χ4v) is 2.66. The van der Waals surface area contributed by atoms with Crippen LogP contribution < -0.4 is 10.9 Å². The molecule has 3 aromatic rings. The predicted molar refractivity (Wildman–Crippen MR) is 103 cm³/mol. The van der Waals surface area contributed by atoms with Crippen molar-refractivity contribution >= 4 is 29.0 Å². The van der Waals surface area contributed by atoms with Gasteiger partial charge in [-0.3, -0.25) is 24.7 Å². The molecule has 2 heterocycles. The SMILES string of the molecule is CCOC(=O)C(C#N)c1nc2nc(NC(C)=O)[nH]c(=O)c2nc1-c1ccccc1. The molecule has 10 nitrogen and oxygen atoms in total. The van der Waals surface area contributed by atoms with E-state index < -0.39 is 23.4 Å². The number of benzene rings is 1. The lowest BCUT2D eigenvalue weighted by Crippen LogP contribution is -2.21. The maximum Gasteiger partial charge on any atom is 0.329 e. The van der Waals surface area contributed by atoms with Crippen LogP contribution in [0.4, 0.5) is 5.95 Å². The summed E-state index contributed by atoms with van der Waals surface area (Å²) >= 11 is 0. The average Bonchev–Trinajstić information content (AvgIpc) is 2.68. The Labute approximate surface area is 164 Å². The van der Waals surface area contributed by atoms with Gasteiger partial charge < -0.3 is 4.74 Å². The first-order valence-corrected chi connectivity index (χ1v) is 8.65. The zero-order valence-electron chi connectivity index (χ0n) is 15.6. The van der Waals surface area contributed by atoms with Gasteiger partial charge in [-0.15, -0.1) is 0 Å². The highest BCUT2D eigenvalue weighted by Gasteiger charge is 2.29. The Bertz CT molecular complexity index is 1180. The van der Waals surface area contributed by atoms with Crippen molar-refractivity contribution in [3.05, 3.63) is 46.4 Å². The van der Waals surface area contributed by atoms with Gasteiger partial charge in [-0.2, -0.15) is 10.2 Å². The number of anilines is 1. The summed E-state index contributed by atoms with van der Waals surface area (Å²) in [6.45, 7) is 2.97. The number of fused-ring (bicyclic) bond motifs is 1. The first kappa shape index (κ1) is 19.6. The second-order valence-electron chi connectivity index (χ2n) is 5.91. The standard InChI is InChI=1S/C19H16N6O4/c1-3-29-18(28)12(9-20)14-13(11-7-5-4-6-8-11)22-15-16(23-14)24-19(21-10(2)26)25-17(15)27/h4-8,12H,3H2,1-2H3,(H2,21,23,24,25,26,27). The lowest BCUT2D eigenvalue weighted by Gasteiger charge is -2.13. The van der Waals surface area contributed by atoms with Crippen LogP contribution in [0.25, 0.3) is 22.4 Å². The van der Waals surface area contributed by atoms with Crippen LogP contribution in [0.15, 0.2) is 35.1 Å². The molecular formula is C19H16N6O4. The summed E-state index contributed by atoms with van der Waals surface area (Å²) in [6, 6.07) is 10.6. The molecule has 146 valence electrons. The van der Waals surface area contributed by atoms with E-state index in [1.807, 2.05) is 6.07 Å². The number of carbonyl (C=O) groups is 2. The molecule has 0 aliphatic carbocycles. The molecule has 0 fully saturated rings. The fraction of sp³-hybridized carbons (Fsp3) is 0.211. The number of ether oxygens (including phenoxy) is 1. The number of nitrogens with one attached hydrogen (secondary N) is 2. The van der Waals surface area contributed by atoms with Crippen molar-refractivity contribution in [2.75, 3.05) is 11.9 Å². The van der Waals surface area contributed by atoms with Crippen molar-refractivity contribution < 1.29 is 14.3 Å². The Balaban J connectivity index is 2.30. The number of hydrogen-bond acceptors (Lipinski definition) is 8. The maximum absolute atomic E-state index is 12.4. The molecule has 3 rings (SSSR count). The summed E-state index contributed by atoms with van der Waals surface area (Å²) in [5.74, 6) is -2.71. The number of rotatable bonds is 5. The third-order valence-electron chi connectivity index (χ3n) is 3.84. The Hall–Kier alpha value is -4.13. The summed E-state index contributed by atoms with van der Waals surface area (Å²) < 4.78 is 4.98. The van der Waals surface area contributed by atoms with Gasteiger partial charge in [0, 0.05) is 12.5 Å². The molecule has 0 radical (unpaired) electrons. The summed E-state index contributed by atoms with van der Waals surface area (Å²) in [6.07, 6.45) is 0. The Morgan fingerprint density at radius 3 is 2.59 bits per heavy atom. The van der Waals surface area contributed by atoms with Crippen molar-refractivity contribution in [2.24, 2.45) is 0 Å². The van der Waals surface area contributed by atoms with Crippen molar-refractivity contribution in [3.8, 4) is 17.3 Å². The van der Waals surface area contributed by atoms with E-state index in [9.17, 15) is 19.6 Å². The van der Waals surface area contributed by atoms with Gasteiger partial charge >= 0.3 is 5.97 Å². The van der Waals surface area contributed by atoms with Crippen LogP contribution in [-0.2, 0) is 14.3 Å². The van der Waals surface area contributed by atoms with Crippen LogP contribution in [0.3, 0.4) is 0 Å². The van der Waals surface area contributed by atoms with E-state index in [0.29, 0.717) is 5.56 Å². The van der Waals surface area contributed by atoms with E-state index >= 15 is 0 Å². The molecule has 1 unspecified atom stereocenters. The normalized spacial score (nSPS) is 11.5. The number of aromatic nitrogens is 4. The number of esters is 1. The predicted octanol–water partition coefficient (Wildman–Crippen LogP) is 1.51. The fourth-order valence-electron chi connectivity index (χ4n) is 2.66. The zero-order valence-corrected chi connectivity index (χ0v) is 15.6. The maximum atomic E-state index is 12.4. The number of nitrogens with zero attached hydrogens (tertiary/aromatic N) is 4. The monoisotopic (exact) mass is 392 g/mol. The smallest absolute Gasteiger partial charge is 0.329 e. The molecule has 0 saturated heterocycles. The van der Waals surface area contributed by atoms with Gasteiger partial charge in [0.2, 0.25) is 11.9 Å². The summed E-state index contributed by atoms with van der Waals surface area (Å²) in [7, 11) is 0. The Morgan fingerprint density at radius 1 is 1.24 bits per heavy atom. The molecule has 29 heavy (non-hydrogen) atoms. The van der Waals surface area contributed by atoms with E-state index in [4.69, 9.17) is 4.74 Å². The number of carbonyl (C=O) groups excluding carboxylic acids is 2. The van der Waals surface area contributed by atoms with Gasteiger partial charge in [0.05, 0.1) is 24.1 Å². The molecule has 10 heteroatoms. The quantitative estimate of drug-likeness (QED) is 0.620. The third-order valence-corrected chi connectivity index (χ3v) is 3.84. The second-order valence-corrected chi connectivity index (χ2v) is 5.91. The van der Waals surface area contributed by atoms with Crippen molar-refractivity contribution in [1.82, 2.24) is 19.9 Å². The lowest BCUT2D eigenvalue weighted by molar-refractivity contribution is -0.143. The third kappa shape index (κ3) is 4.08. The number of hydrogen-bond donors (Lipinski definition) is 2. The van der Waals surface area contributed by atoms with Gasteiger partial charge in [-0.05, 0) is 6.92 Å². The Morgan fingerprint density at radius 2 is 1.97 bits per heavy atom. The van der Waals surface area contributed by atoms with Crippen molar-refractivity contribution in [2.45, 2.75) is 19.8 Å². The molecule has 0 aliphatic rings. The van der Waals surface area contributed by atoms with Crippen LogP contribution in [0.1, 0.15) is 25.5 Å². The van der Waals surface area contributed by atoms with E-state index in [1.54, 1.807) is 37.3 Å². The molecule has 1 amide bonds. The number of nitriles is 1. The average molecular weight is 392 g/mol. The first-order chi connectivity index (χ1) is 13.9.